The molecule has 1 aliphatic heterocycles. The number of rotatable bonds is 7. The third kappa shape index (κ3) is 4.55. The molecule has 0 bridgehead atoms. The molecule has 0 spiro atoms. The first-order chi connectivity index (χ1) is 16.5. The summed E-state index contributed by atoms with van der Waals surface area (Å²) < 4.78 is 17.2. The van der Waals surface area contributed by atoms with E-state index in [1.165, 1.54) is 6.07 Å². The van der Waals surface area contributed by atoms with E-state index in [9.17, 15) is 9.59 Å². The molecule has 2 aliphatic rings. The van der Waals surface area contributed by atoms with E-state index in [2.05, 4.69) is 27.0 Å². The summed E-state index contributed by atoms with van der Waals surface area (Å²) in [7, 11) is 0. The summed E-state index contributed by atoms with van der Waals surface area (Å²) >= 11 is 0. The van der Waals surface area contributed by atoms with Crippen molar-refractivity contribution < 1.29 is 9.18 Å². The number of fused-ring (bicyclic) bond motifs is 1. The van der Waals surface area contributed by atoms with Crippen molar-refractivity contribution in [1.29, 1.82) is 0 Å². The molecule has 1 N–H and O–H groups in total. The largest absolute Gasteiger partial charge is 0.367 e. The van der Waals surface area contributed by atoms with E-state index in [0.717, 1.165) is 51.3 Å². The standard InChI is InChI=1S/C26H30FN5O2/c1-2-30-11-13-31(14-12-30)24-16-23-20(15-22(24)27)25(33)21(17-32(23)19-6-7-19)26(34)29-10-8-18-5-3-4-9-28-18/h3-5,9,15-17,19H,2,6-8,10-14H2,1H3,(H,29,34). The van der Waals surface area contributed by atoms with E-state index in [0.29, 0.717) is 24.2 Å². The SMILES string of the molecule is CCN1CCN(c2cc3c(cc2F)c(=O)c(C(=O)NCCc2ccccn2)cn3C2CC2)CC1. The van der Waals surface area contributed by atoms with Gasteiger partial charge in [-0.1, -0.05) is 13.0 Å². The summed E-state index contributed by atoms with van der Waals surface area (Å²) in [5, 5.41) is 3.09. The smallest absolute Gasteiger partial charge is 0.256 e. The number of piperazine rings is 1. The predicted octanol–water partition coefficient (Wildman–Crippen LogP) is 2.98. The van der Waals surface area contributed by atoms with Gasteiger partial charge in [-0.05, 0) is 43.7 Å². The van der Waals surface area contributed by atoms with Gasteiger partial charge in [-0.3, -0.25) is 14.6 Å². The Balaban J connectivity index is 1.44. The second-order valence-electron chi connectivity index (χ2n) is 9.08. The predicted molar refractivity (Wildman–Crippen MR) is 131 cm³/mol. The van der Waals surface area contributed by atoms with Gasteiger partial charge in [-0.2, -0.15) is 0 Å². The molecule has 5 rings (SSSR count). The van der Waals surface area contributed by atoms with Gasteiger partial charge in [-0.25, -0.2) is 4.39 Å². The monoisotopic (exact) mass is 463 g/mol. The molecule has 178 valence electrons. The van der Waals surface area contributed by atoms with Gasteiger partial charge in [-0.15, -0.1) is 0 Å². The highest BCUT2D eigenvalue weighted by atomic mass is 19.1. The summed E-state index contributed by atoms with van der Waals surface area (Å²) in [5.74, 6) is -0.845. The lowest BCUT2D eigenvalue weighted by Gasteiger charge is -2.35. The van der Waals surface area contributed by atoms with E-state index in [1.54, 1.807) is 18.5 Å². The maximum Gasteiger partial charge on any atom is 0.256 e. The quantitative estimate of drug-likeness (QED) is 0.583. The first-order valence-electron chi connectivity index (χ1n) is 12.1. The first kappa shape index (κ1) is 22.5. The molecule has 3 heterocycles. The molecule has 34 heavy (non-hydrogen) atoms. The lowest BCUT2D eigenvalue weighted by molar-refractivity contribution is 0.0952. The maximum atomic E-state index is 15.2. The van der Waals surface area contributed by atoms with Crippen molar-refractivity contribution in [1.82, 2.24) is 19.8 Å². The van der Waals surface area contributed by atoms with Crippen LogP contribution < -0.4 is 15.6 Å². The summed E-state index contributed by atoms with van der Waals surface area (Å²) in [6.45, 7) is 6.77. The number of pyridine rings is 2. The number of carbonyl (C=O) groups is 1. The fraction of sp³-hybridized carbons (Fsp3) is 0.423. The zero-order valence-electron chi connectivity index (χ0n) is 19.5. The molecule has 1 saturated carbocycles. The Morgan fingerprint density at radius 2 is 1.97 bits per heavy atom. The Labute approximate surface area is 198 Å². The van der Waals surface area contributed by atoms with Gasteiger partial charge < -0.3 is 19.7 Å². The Kier molecular flexibility index (Phi) is 6.32. The van der Waals surface area contributed by atoms with Crippen LogP contribution in [0.5, 0.6) is 0 Å². The lowest BCUT2D eigenvalue weighted by atomic mass is 10.1. The van der Waals surface area contributed by atoms with E-state index < -0.39 is 17.2 Å². The average Bonchev–Trinajstić information content (AvgIpc) is 3.70. The summed E-state index contributed by atoms with van der Waals surface area (Å²) in [4.78, 5) is 34.8. The second kappa shape index (κ2) is 9.54. The van der Waals surface area contributed by atoms with E-state index in [-0.39, 0.29) is 17.0 Å². The normalized spacial score (nSPS) is 16.7. The van der Waals surface area contributed by atoms with Crippen molar-refractivity contribution in [2.75, 3.05) is 44.2 Å². The molecule has 2 fully saturated rings. The lowest BCUT2D eigenvalue weighted by Crippen LogP contribution is -2.46. The van der Waals surface area contributed by atoms with Crippen LogP contribution in [0.1, 0.15) is 41.9 Å². The third-order valence-electron chi connectivity index (χ3n) is 6.84. The topological polar surface area (TPSA) is 70.5 Å². The Morgan fingerprint density at radius 1 is 1.18 bits per heavy atom. The Morgan fingerprint density at radius 3 is 2.65 bits per heavy atom. The summed E-state index contributed by atoms with van der Waals surface area (Å²) in [6.07, 6.45) is 5.91. The average molecular weight is 464 g/mol. The van der Waals surface area contributed by atoms with Crippen LogP contribution in [-0.2, 0) is 6.42 Å². The van der Waals surface area contributed by atoms with Crippen LogP contribution in [0.3, 0.4) is 0 Å². The number of halogens is 1. The highest BCUT2D eigenvalue weighted by Crippen LogP contribution is 2.38. The number of hydrogen-bond acceptors (Lipinski definition) is 5. The van der Waals surface area contributed by atoms with Crippen LogP contribution in [0.25, 0.3) is 10.9 Å². The molecule has 1 amide bonds. The highest BCUT2D eigenvalue weighted by molar-refractivity contribution is 5.98. The molecule has 1 aromatic carbocycles. The molecule has 7 nitrogen and oxygen atoms in total. The summed E-state index contributed by atoms with van der Waals surface area (Å²) in [5.41, 5.74) is 1.73. The Hall–Kier alpha value is -3.26. The van der Waals surface area contributed by atoms with Gasteiger partial charge in [0.1, 0.15) is 11.4 Å². The van der Waals surface area contributed by atoms with Crippen LogP contribution in [0.15, 0.2) is 47.5 Å². The van der Waals surface area contributed by atoms with Crippen molar-refractivity contribution in [3.8, 4) is 0 Å². The highest BCUT2D eigenvalue weighted by Gasteiger charge is 2.28. The fourth-order valence-corrected chi connectivity index (χ4v) is 4.67. The van der Waals surface area contributed by atoms with E-state index in [1.807, 2.05) is 22.8 Å². The van der Waals surface area contributed by atoms with Crippen LogP contribution in [0.4, 0.5) is 10.1 Å². The molecule has 1 saturated heterocycles. The molecule has 2 aromatic heterocycles. The van der Waals surface area contributed by atoms with Crippen LogP contribution >= 0.6 is 0 Å². The number of amides is 1. The number of hydrogen-bond donors (Lipinski definition) is 1. The molecule has 3 aromatic rings. The van der Waals surface area contributed by atoms with Crippen molar-refractivity contribution in [3.63, 3.8) is 0 Å². The molecule has 0 unspecified atom stereocenters. The first-order valence-corrected chi connectivity index (χ1v) is 12.1. The van der Waals surface area contributed by atoms with Gasteiger partial charge >= 0.3 is 0 Å². The summed E-state index contributed by atoms with van der Waals surface area (Å²) in [6, 6.07) is 8.99. The second-order valence-corrected chi connectivity index (χ2v) is 9.08. The third-order valence-corrected chi connectivity index (χ3v) is 6.84. The molecular formula is C26H30FN5O2. The van der Waals surface area contributed by atoms with Crippen molar-refractivity contribution in [3.05, 3.63) is 70.0 Å². The maximum absolute atomic E-state index is 15.2. The van der Waals surface area contributed by atoms with Crippen molar-refractivity contribution in [2.24, 2.45) is 0 Å². The minimum atomic E-state index is -0.433. The van der Waals surface area contributed by atoms with Gasteiger partial charge in [0.25, 0.3) is 5.91 Å². The number of anilines is 1. The minimum absolute atomic E-state index is 0.0594. The molecule has 8 heteroatoms. The van der Waals surface area contributed by atoms with Crippen LogP contribution in [0.2, 0.25) is 0 Å². The van der Waals surface area contributed by atoms with E-state index in [4.69, 9.17) is 0 Å². The van der Waals surface area contributed by atoms with Crippen molar-refractivity contribution >= 4 is 22.5 Å². The number of likely N-dealkylation sites (N-methyl/N-ethyl adjacent to an activating group) is 1. The zero-order valence-corrected chi connectivity index (χ0v) is 19.5. The molecule has 0 radical (unpaired) electrons. The van der Waals surface area contributed by atoms with Gasteiger partial charge in [0.2, 0.25) is 5.43 Å². The van der Waals surface area contributed by atoms with Crippen LogP contribution in [-0.4, -0.2) is 59.6 Å². The van der Waals surface area contributed by atoms with Gasteiger partial charge in [0.05, 0.1) is 11.2 Å². The zero-order chi connectivity index (χ0) is 23.7. The fourth-order valence-electron chi connectivity index (χ4n) is 4.67. The number of carbonyl (C=O) groups excluding carboxylic acids is 1. The van der Waals surface area contributed by atoms with Crippen molar-refractivity contribution in [2.45, 2.75) is 32.2 Å². The molecule has 1 aliphatic carbocycles. The number of nitrogens with one attached hydrogen (secondary N) is 1. The number of nitrogens with zero attached hydrogens (tertiary/aromatic N) is 4. The Bertz CT molecular complexity index is 1250. The number of aromatic nitrogens is 2. The molecule has 0 atom stereocenters. The van der Waals surface area contributed by atoms with Gasteiger partial charge in [0.15, 0.2) is 0 Å². The molecular weight excluding hydrogens is 433 g/mol. The van der Waals surface area contributed by atoms with E-state index >= 15 is 4.39 Å². The number of benzene rings is 1. The minimum Gasteiger partial charge on any atom is -0.367 e. The van der Waals surface area contributed by atoms with Gasteiger partial charge in [0, 0.05) is 68.7 Å². The van der Waals surface area contributed by atoms with Crippen LogP contribution in [0, 0.1) is 5.82 Å².